The second kappa shape index (κ2) is 8.18. The number of nitrogens with zero attached hydrogens (tertiary/aromatic N) is 1. The average Bonchev–Trinajstić information content (AvgIpc) is 3.23. The zero-order valence-electron chi connectivity index (χ0n) is 19.8. The molecule has 0 spiro atoms. The highest BCUT2D eigenvalue weighted by atomic mass is 16.6. The molecule has 7 heteroatoms. The number of hydrogen-bond acceptors (Lipinski definition) is 7. The Kier molecular flexibility index (Phi) is 5.35. The zero-order valence-corrected chi connectivity index (χ0v) is 19.8. The van der Waals surface area contributed by atoms with Gasteiger partial charge in [-0.2, -0.15) is 0 Å². The molecule has 3 saturated heterocycles. The fourth-order valence-corrected chi connectivity index (χ4v) is 6.76. The van der Waals surface area contributed by atoms with Crippen LogP contribution in [0.15, 0.2) is 42.0 Å². The lowest BCUT2D eigenvalue weighted by molar-refractivity contribution is -0.144. The molecule has 0 saturated carbocycles. The van der Waals surface area contributed by atoms with E-state index in [4.69, 9.17) is 14.2 Å². The van der Waals surface area contributed by atoms with Crippen LogP contribution in [0.4, 0.5) is 0 Å². The summed E-state index contributed by atoms with van der Waals surface area (Å²) in [5, 5.41) is 11.5. The van der Waals surface area contributed by atoms with Crippen molar-refractivity contribution in [1.82, 2.24) is 4.90 Å². The van der Waals surface area contributed by atoms with Gasteiger partial charge in [0.15, 0.2) is 0 Å². The Bertz CT molecular complexity index is 1000. The quantitative estimate of drug-likeness (QED) is 0.539. The molecule has 7 nitrogen and oxygen atoms in total. The Morgan fingerprint density at radius 3 is 2.59 bits per heavy atom. The summed E-state index contributed by atoms with van der Waals surface area (Å²) in [6, 6.07) is 10.1. The van der Waals surface area contributed by atoms with Gasteiger partial charge in [-0.05, 0) is 56.8 Å². The molecule has 0 radical (unpaired) electrons. The van der Waals surface area contributed by atoms with Crippen LogP contribution in [-0.4, -0.2) is 71.1 Å². The van der Waals surface area contributed by atoms with E-state index >= 15 is 0 Å². The van der Waals surface area contributed by atoms with Gasteiger partial charge in [0.2, 0.25) is 0 Å². The second-order valence-corrected chi connectivity index (χ2v) is 11.0. The van der Waals surface area contributed by atoms with Crippen LogP contribution in [0, 0.1) is 17.8 Å². The number of aliphatic hydroxyl groups is 1. The SMILES string of the molecule is CC1C(=O)O[C@H]2C[C@]3(C)O[C@H]3[C@@H](O)[C@@H](N3CCC(Cc4ccccc4)CC3)C3=C[C@@H](OC3=O)[C@H]12. The number of carbonyl (C=O) groups excluding carboxylic acids is 2. The highest BCUT2D eigenvalue weighted by Gasteiger charge is 2.64. The number of benzene rings is 1. The minimum absolute atomic E-state index is 0.233. The molecule has 2 bridgehead atoms. The normalized spacial score (nSPS) is 42.3. The Hall–Kier alpha value is -2.22. The first-order valence-electron chi connectivity index (χ1n) is 12.6. The number of piperidine rings is 1. The first-order chi connectivity index (χ1) is 16.3. The van der Waals surface area contributed by atoms with Crippen molar-refractivity contribution in [3.05, 3.63) is 47.5 Å². The molecule has 5 aliphatic rings. The largest absolute Gasteiger partial charge is 0.462 e. The van der Waals surface area contributed by atoms with Crippen molar-refractivity contribution >= 4 is 11.9 Å². The Morgan fingerprint density at radius 1 is 1.12 bits per heavy atom. The second-order valence-electron chi connectivity index (χ2n) is 11.0. The highest BCUT2D eigenvalue weighted by molar-refractivity contribution is 5.92. The molecule has 1 N–H and O–H groups in total. The van der Waals surface area contributed by atoms with Gasteiger partial charge >= 0.3 is 11.9 Å². The van der Waals surface area contributed by atoms with E-state index in [9.17, 15) is 14.7 Å². The molecule has 1 aromatic rings. The van der Waals surface area contributed by atoms with Crippen molar-refractivity contribution in [2.45, 2.75) is 75.6 Å². The van der Waals surface area contributed by atoms with Gasteiger partial charge in [0, 0.05) is 12.3 Å². The van der Waals surface area contributed by atoms with Crippen LogP contribution in [0.5, 0.6) is 0 Å². The number of aliphatic hydroxyl groups excluding tert-OH is 1. The van der Waals surface area contributed by atoms with Crippen molar-refractivity contribution in [2.24, 2.45) is 17.8 Å². The van der Waals surface area contributed by atoms with E-state index in [1.807, 2.05) is 26.0 Å². The van der Waals surface area contributed by atoms with E-state index in [0.717, 1.165) is 32.4 Å². The standard InChI is InChI=1S/C27H33NO6/c1-15-21-19-13-18(26(31)32-19)22(23(29)24-27(2,34-24)14-20(21)33-25(15)30)28-10-8-17(9-11-28)12-16-6-4-3-5-7-16/h3-7,13,15,17,19-24,29H,8-12,14H2,1-2H3/t15?,19-,20+,21+,22+,23+,24+,27+/m1/s1. The number of hydrogen-bond donors (Lipinski definition) is 1. The number of likely N-dealkylation sites (tertiary alicyclic amines) is 1. The molecule has 0 amide bonds. The molecule has 8 atom stereocenters. The third-order valence-corrected chi connectivity index (χ3v) is 8.76. The Morgan fingerprint density at radius 2 is 1.85 bits per heavy atom. The Balaban J connectivity index is 1.25. The molecule has 4 heterocycles. The van der Waals surface area contributed by atoms with Gasteiger partial charge in [-0.25, -0.2) is 4.79 Å². The van der Waals surface area contributed by atoms with Crippen LogP contribution in [0.1, 0.15) is 38.7 Å². The molecule has 0 aromatic heterocycles. The van der Waals surface area contributed by atoms with Crippen molar-refractivity contribution in [1.29, 1.82) is 0 Å². The maximum atomic E-state index is 13.1. The molecule has 182 valence electrons. The van der Waals surface area contributed by atoms with Gasteiger partial charge in [0.25, 0.3) is 0 Å². The molecule has 1 aromatic carbocycles. The average molecular weight is 468 g/mol. The summed E-state index contributed by atoms with van der Waals surface area (Å²) in [7, 11) is 0. The number of epoxide rings is 1. The van der Waals surface area contributed by atoms with Gasteiger partial charge in [-0.1, -0.05) is 37.3 Å². The van der Waals surface area contributed by atoms with Crippen molar-refractivity contribution in [3.8, 4) is 0 Å². The summed E-state index contributed by atoms with van der Waals surface area (Å²) in [5.41, 5.74) is 1.28. The van der Waals surface area contributed by atoms with Crippen LogP contribution in [0.25, 0.3) is 0 Å². The topological polar surface area (TPSA) is 88.6 Å². The fourth-order valence-electron chi connectivity index (χ4n) is 6.76. The van der Waals surface area contributed by atoms with Crippen molar-refractivity contribution in [3.63, 3.8) is 0 Å². The number of carbonyl (C=O) groups is 2. The molecule has 1 unspecified atom stereocenters. The van der Waals surface area contributed by atoms with Gasteiger partial charge in [0.05, 0.1) is 23.1 Å². The smallest absolute Gasteiger partial charge is 0.336 e. The maximum Gasteiger partial charge on any atom is 0.336 e. The van der Waals surface area contributed by atoms with Crippen LogP contribution < -0.4 is 0 Å². The van der Waals surface area contributed by atoms with E-state index in [1.54, 1.807) is 0 Å². The summed E-state index contributed by atoms with van der Waals surface area (Å²) in [5.74, 6) is -0.655. The van der Waals surface area contributed by atoms with Crippen LogP contribution in [0.3, 0.4) is 0 Å². The van der Waals surface area contributed by atoms with Gasteiger partial charge < -0.3 is 19.3 Å². The fraction of sp³-hybridized carbons (Fsp3) is 0.630. The summed E-state index contributed by atoms with van der Waals surface area (Å²) in [6.45, 7) is 5.43. The minimum atomic E-state index is -0.848. The first-order valence-corrected chi connectivity index (χ1v) is 12.6. The van der Waals surface area contributed by atoms with E-state index in [1.165, 1.54) is 5.56 Å². The summed E-state index contributed by atoms with van der Waals surface area (Å²) in [4.78, 5) is 27.7. The molecular formula is C27H33NO6. The number of fused-ring (bicyclic) bond motifs is 4. The monoisotopic (exact) mass is 467 g/mol. The van der Waals surface area contributed by atoms with Crippen LogP contribution in [0.2, 0.25) is 0 Å². The lowest BCUT2D eigenvalue weighted by atomic mass is 9.79. The van der Waals surface area contributed by atoms with E-state index in [-0.39, 0.29) is 23.9 Å². The van der Waals surface area contributed by atoms with Crippen molar-refractivity contribution in [2.75, 3.05) is 13.1 Å². The minimum Gasteiger partial charge on any atom is -0.462 e. The summed E-state index contributed by atoms with van der Waals surface area (Å²) >= 11 is 0. The predicted molar refractivity (Wildman–Crippen MR) is 123 cm³/mol. The third-order valence-electron chi connectivity index (χ3n) is 8.76. The van der Waals surface area contributed by atoms with Crippen molar-refractivity contribution < 1.29 is 28.9 Å². The van der Waals surface area contributed by atoms with Gasteiger partial charge in [-0.15, -0.1) is 0 Å². The Labute approximate surface area is 200 Å². The lowest BCUT2D eigenvalue weighted by Gasteiger charge is -2.39. The van der Waals surface area contributed by atoms with E-state index < -0.39 is 35.9 Å². The number of rotatable bonds is 3. The highest BCUT2D eigenvalue weighted by Crippen LogP contribution is 2.50. The molecular weight excluding hydrogens is 434 g/mol. The molecule has 6 rings (SSSR count). The predicted octanol–water partition coefficient (Wildman–Crippen LogP) is 2.26. The molecule has 34 heavy (non-hydrogen) atoms. The van der Waals surface area contributed by atoms with Crippen LogP contribution in [-0.2, 0) is 30.2 Å². The lowest BCUT2D eigenvalue weighted by Crippen LogP contribution is -2.52. The maximum absolute atomic E-state index is 13.1. The molecule has 4 aliphatic heterocycles. The molecule has 3 fully saturated rings. The third kappa shape index (κ3) is 3.69. The van der Waals surface area contributed by atoms with Gasteiger partial charge in [0.1, 0.15) is 24.4 Å². The summed E-state index contributed by atoms with van der Waals surface area (Å²) < 4.78 is 17.5. The number of ether oxygens (including phenoxy) is 3. The van der Waals surface area contributed by atoms with E-state index in [0.29, 0.717) is 17.9 Å². The first kappa shape index (κ1) is 22.3. The summed E-state index contributed by atoms with van der Waals surface area (Å²) in [6.07, 6.45) is 3.27. The zero-order chi connectivity index (χ0) is 23.6. The number of esters is 2. The van der Waals surface area contributed by atoms with Crippen LogP contribution >= 0.6 is 0 Å². The van der Waals surface area contributed by atoms with E-state index in [2.05, 4.69) is 29.2 Å². The molecule has 1 aliphatic carbocycles. The van der Waals surface area contributed by atoms with Gasteiger partial charge in [-0.3, -0.25) is 9.69 Å².